The van der Waals surface area contributed by atoms with Crippen molar-refractivity contribution < 1.29 is 4.39 Å². The monoisotopic (exact) mass is 257 g/mol. The zero-order valence-electron chi connectivity index (χ0n) is 10.8. The third-order valence-electron chi connectivity index (χ3n) is 2.96. The van der Waals surface area contributed by atoms with Gasteiger partial charge in [-0.3, -0.25) is 0 Å². The molecule has 0 radical (unpaired) electrons. The van der Waals surface area contributed by atoms with E-state index in [4.69, 9.17) is 11.6 Å². The molecule has 0 fully saturated rings. The quantitative estimate of drug-likeness (QED) is 0.811. The SMILES string of the molecule is CNC(CCc1cccc(Cl)c1F)CC(C)C. The normalized spacial score (nSPS) is 13.1. The molecule has 96 valence electrons. The molecule has 0 aliphatic carbocycles. The summed E-state index contributed by atoms with van der Waals surface area (Å²) in [6.07, 6.45) is 2.77. The fraction of sp³-hybridized carbons (Fsp3) is 0.571. The Morgan fingerprint density at radius 1 is 1.35 bits per heavy atom. The summed E-state index contributed by atoms with van der Waals surface area (Å²) >= 11 is 5.76. The molecule has 1 rings (SSSR count). The molecule has 3 heteroatoms. The molecular formula is C14H21ClFN. The molecule has 1 atom stereocenters. The first-order chi connectivity index (χ1) is 8.04. The van der Waals surface area contributed by atoms with E-state index in [0.29, 0.717) is 17.5 Å². The van der Waals surface area contributed by atoms with Crippen LogP contribution in [0.1, 0.15) is 32.3 Å². The number of halogens is 2. The minimum atomic E-state index is -0.270. The van der Waals surface area contributed by atoms with Gasteiger partial charge in [-0.05, 0) is 43.9 Å². The second kappa shape index (κ2) is 6.97. The predicted molar refractivity (Wildman–Crippen MR) is 72.0 cm³/mol. The maximum Gasteiger partial charge on any atom is 0.144 e. The van der Waals surface area contributed by atoms with E-state index < -0.39 is 0 Å². The summed E-state index contributed by atoms with van der Waals surface area (Å²) in [5.74, 6) is 0.380. The summed E-state index contributed by atoms with van der Waals surface area (Å²) in [7, 11) is 1.96. The molecule has 1 N–H and O–H groups in total. The number of aryl methyl sites for hydroxylation is 1. The van der Waals surface area contributed by atoms with Gasteiger partial charge in [0.05, 0.1) is 5.02 Å². The van der Waals surface area contributed by atoms with Gasteiger partial charge >= 0.3 is 0 Å². The molecule has 1 unspecified atom stereocenters. The number of hydrogen-bond acceptors (Lipinski definition) is 1. The standard InChI is InChI=1S/C14H21ClFN/c1-10(2)9-12(17-3)8-7-11-5-4-6-13(15)14(11)16/h4-6,10,12,17H,7-9H2,1-3H3. The summed E-state index contributed by atoms with van der Waals surface area (Å²) in [6, 6.07) is 5.64. The lowest BCUT2D eigenvalue weighted by Crippen LogP contribution is -2.27. The summed E-state index contributed by atoms with van der Waals surface area (Å²) in [5.41, 5.74) is 0.710. The summed E-state index contributed by atoms with van der Waals surface area (Å²) in [6.45, 7) is 4.40. The van der Waals surface area contributed by atoms with Crippen molar-refractivity contribution >= 4 is 11.6 Å². The Morgan fingerprint density at radius 2 is 2.06 bits per heavy atom. The Hall–Kier alpha value is -0.600. The fourth-order valence-corrected chi connectivity index (χ4v) is 2.21. The molecule has 1 aromatic rings. The third kappa shape index (κ3) is 4.64. The topological polar surface area (TPSA) is 12.0 Å². The van der Waals surface area contributed by atoms with Crippen molar-refractivity contribution in [1.82, 2.24) is 5.32 Å². The van der Waals surface area contributed by atoms with Crippen LogP contribution < -0.4 is 5.32 Å². The van der Waals surface area contributed by atoms with E-state index in [-0.39, 0.29) is 10.8 Å². The number of hydrogen-bond donors (Lipinski definition) is 1. The van der Waals surface area contributed by atoms with Crippen LogP contribution in [0, 0.1) is 11.7 Å². The van der Waals surface area contributed by atoms with Crippen molar-refractivity contribution in [3.8, 4) is 0 Å². The lowest BCUT2D eigenvalue weighted by Gasteiger charge is -2.18. The van der Waals surface area contributed by atoms with Gasteiger partial charge in [-0.25, -0.2) is 4.39 Å². The van der Waals surface area contributed by atoms with Gasteiger partial charge in [-0.2, -0.15) is 0 Å². The number of benzene rings is 1. The van der Waals surface area contributed by atoms with Gasteiger partial charge < -0.3 is 5.32 Å². The van der Waals surface area contributed by atoms with Crippen molar-refractivity contribution in [2.24, 2.45) is 5.92 Å². The smallest absolute Gasteiger partial charge is 0.144 e. The molecule has 0 aliphatic heterocycles. The van der Waals surface area contributed by atoms with Crippen molar-refractivity contribution in [1.29, 1.82) is 0 Å². The Bertz CT molecular complexity index is 352. The van der Waals surface area contributed by atoms with Gasteiger partial charge in [0.15, 0.2) is 0 Å². The summed E-state index contributed by atoms with van der Waals surface area (Å²) in [4.78, 5) is 0. The first-order valence-electron chi connectivity index (χ1n) is 6.14. The highest BCUT2D eigenvalue weighted by molar-refractivity contribution is 6.30. The van der Waals surface area contributed by atoms with Crippen molar-refractivity contribution in [3.05, 3.63) is 34.6 Å². The highest BCUT2D eigenvalue weighted by Gasteiger charge is 2.11. The molecule has 0 aliphatic rings. The minimum Gasteiger partial charge on any atom is -0.317 e. The van der Waals surface area contributed by atoms with Crippen molar-refractivity contribution in [2.75, 3.05) is 7.05 Å². The van der Waals surface area contributed by atoms with E-state index in [0.717, 1.165) is 19.3 Å². The first-order valence-corrected chi connectivity index (χ1v) is 6.52. The molecular weight excluding hydrogens is 237 g/mol. The Labute approximate surface area is 108 Å². The Balaban J connectivity index is 2.56. The average molecular weight is 258 g/mol. The molecule has 17 heavy (non-hydrogen) atoms. The summed E-state index contributed by atoms with van der Waals surface area (Å²) < 4.78 is 13.7. The van der Waals surface area contributed by atoms with Gasteiger partial charge in [0.25, 0.3) is 0 Å². The lowest BCUT2D eigenvalue weighted by molar-refractivity contribution is 0.419. The Morgan fingerprint density at radius 3 is 2.65 bits per heavy atom. The second-order valence-corrected chi connectivity index (χ2v) is 5.27. The van der Waals surface area contributed by atoms with Gasteiger partial charge in [-0.1, -0.05) is 37.6 Å². The van der Waals surface area contributed by atoms with E-state index >= 15 is 0 Å². The van der Waals surface area contributed by atoms with Crippen LogP contribution >= 0.6 is 11.6 Å². The van der Waals surface area contributed by atoms with Crippen LogP contribution in [0.5, 0.6) is 0 Å². The molecule has 1 nitrogen and oxygen atoms in total. The summed E-state index contributed by atoms with van der Waals surface area (Å²) in [5, 5.41) is 3.50. The van der Waals surface area contributed by atoms with Crippen LogP contribution in [0.15, 0.2) is 18.2 Å². The van der Waals surface area contributed by atoms with Crippen LogP contribution in [0.2, 0.25) is 5.02 Å². The van der Waals surface area contributed by atoms with Crippen molar-refractivity contribution in [3.63, 3.8) is 0 Å². The van der Waals surface area contributed by atoms with E-state index in [1.165, 1.54) is 0 Å². The van der Waals surface area contributed by atoms with Crippen LogP contribution in [0.3, 0.4) is 0 Å². The zero-order chi connectivity index (χ0) is 12.8. The van der Waals surface area contributed by atoms with Gasteiger partial charge in [0.2, 0.25) is 0 Å². The number of nitrogens with one attached hydrogen (secondary N) is 1. The van der Waals surface area contributed by atoms with Crippen LogP contribution in [0.25, 0.3) is 0 Å². The molecule has 0 amide bonds. The van der Waals surface area contributed by atoms with E-state index in [9.17, 15) is 4.39 Å². The second-order valence-electron chi connectivity index (χ2n) is 4.87. The van der Waals surface area contributed by atoms with Crippen LogP contribution in [-0.4, -0.2) is 13.1 Å². The maximum atomic E-state index is 13.7. The molecule has 0 saturated carbocycles. The van der Waals surface area contributed by atoms with Gasteiger partial charge in [0.1, 0.15) is 5.82 Å². The van der Waals surface area contributed by atoms with Crippen LogP contribution in [0.4, 0.5) is 4.39 Å². The zero-order valence-corrected chi connectivity index (χ0v) is 11.5. The highest BCUT2D eigenvalue weighted by atomic mass is 35.5. The third-order valence-corrected chi connectivity index (χ3v) is 3.25. The lowest BCUT2D eigenvalue weighted by atomic mass is 9.97. The first kappa shape index (κ1) is 14.5. The molecule has 0 bridgehead atoms. The highest BCUT2D eigenvalue weighted by Crippen LogP contribution is 2.20. The minimum absolute atomic E-state index is 0.215. The fourth-order valence-electron chi connectivity index (χ4n) is 2.02. The van der Waals surface area contributed by atoms with E-state index in [1.54, 1.807) is 12.1 Å². The van der Waals surface area contributed by atoms with E-state index in [1.807, 2.05) is 13.1 Å². The molecule has 0 heterocycles. The molecule has 0 aromatic heterocycles. The Kier molecular flexibility index (Phi) is 5.93. The molecule has 0 saturated heterocycles. The van der Waals surface area contributed by atoms with Gasteiger partial charge in [-0.15, -0.1) is 0 Å². The van der Waals surface area contributed by atoms with Crippen molar-refractivity contribution in [2.45, 2.75) is 39.2 Å². The average Bonchev–Trinajstić information content (AvgIpc) is 2.28. The van der Waals surface area contributed by atoms with E-state index in [2.05, 4.69) is 19.2 Å². The van der Waals surface area contributed by atoms with Gasteiger partial charge in [0, 0.05) is 6.04 Å². The largest absolute Gasteiger partial charge is 0.317 e. The maximum absolute atomic E-state index is 13.7. The number of rotatable bonds is 6. The predicted octanol–water partition coefficient (Wildman–Crippen LogP) is 4.05. The molecule has 1 aromatic carbocycles. The molecule has 0 spiro atoms. The van der Waals surface area contributed by atoms with Crippen LogP contribution in [-0.2, 0) is 6.42 Å².